The molecule has 0 saturated carbocycles. The van der Waals surface area contributed by atoms with Crippen LogP contribution >= 0.6 is 22.9 Å². The predicted molar refractivity (Wildman–Crippen MR) is 161 cm³/mol. The number of halogens is 2. The van der Waals surface area contributed by atoms with Gasteiger partial charge in [0, 0.05) is 16.1 Å². The molecule has 0 radical (unpaired) electrons. The van der Waals surface area contributed by atoms with Crippen LogP contribution < -0.4 is 19.6 Å². The topological polar surface area (TPSA) is 43.6 Å². The number of thiazole rings is 1. The van der Waals surface area contributed by atoms with Crippen molar-refractivity contribution < 1.29 is 9.13 Å². The number of benzene rings is 4. The summed E-state index contributed by atoms with van der Waals surface area (Å²) in [5.41, 5.74) is 6.89. The molecule has 0 bridgehead atoms. The van der Waals surface area contributed by atoms with E-state index in [9.17, 15) is 9.18 Å². The monoisotopic (exact) mass is 578 g/mol. The van der Waals surface area contributed by atoms with E-state index in [4.69, 9.17) is 21.3 Å². The highest BCUT2D eigenvalue weighted by molar-refractivity contribution is 7.07. The van der Waals surface area contributed by atoms with Crippen LogP contribution in [0.2, 0.25) is 5.02 Å². The van der Waals surface area contributed by atoms with Gasteiger partial charge in [0.25, 0.3) is 5.56 Å². The molecule has 1 aliphatic heterocycles. The molecule has 2 heterocycles. The van der Waals surface area contributed by atoms with Crippen LogP contribution in [0.1, 0.15) is 40.3 Å². The van der Waals surface area contributed by atoms with Crippen molar-refractivity contribution in [3.63, 3.8) is 0 Å². The van der Waals surface area contributed by atoms with Gasteiger partial charge in [-0.3, -0.25) is 9.36 Å². The first-order valence-corrected chi connectivity index (χ1v) is 14.6. The van der Waals surface area contributed by atoms with Crippen LogP contribution in [-0.4, -0.2) is 4.57 Å². The van der Waals surface area contributed by atoms with Crippen molar-refractivity contribution in [1.82, 2.24) is 4.57 Å². The molecule has 5 aromatic rings. The fourth-order valence-corrected chi connectivity index (χ4v) is 6.70. The molecule has 0 N–H and O–H groups in total. The molecule has 7 heteroatoms. The van der Waals surface area contributed by atoms with E-state index in [0.29, 0.717) is 26.7 Å². The summed E-state index contributed by atoms with van der Waals surface area (Å²) in [4.78, 5) is 19.7. The lowest BCUT2D eigenvalue weighted by Crippen LogP contribution is -2.38. The zero-order valence-corrected chi connectivity index (χ0v) is 23.5. The number of nitrogens with zero attached hydrogens (tertiary/aromatic N) is 2. The first kappa shape index (κ1) is 25.7. The predicted octanol–water partition coefficient (Wildman–Crippen LogP) is 6.69. The molecule has 0 saturated heterocycles. The molecule has 41 heavy (non-hydrogen) atoms. The fourth-order valence-electron chi connectivity index (χ4n) is 5.58. The molecule has 1 atom stereocenters. The quantitative estimate of drug-likeness (QED) is 0.233. The summed E-state index contributed by atoms with van der Waals surface area (Å²) in [6, 6.07) is 29.6. The third kappa shape index (κ3) is 4.83. The maximum Gasteiger partial charge on any atom is 0.271 e. The van der Waals surface area contributed by atoms with Crippen molar-refractivity contribution in [2.24, 2.45) is 4.99 Å². The van der Waals surface area contributed by atoms with E-state index in [1.165, 1.54) is 29.0 Å². The van der Waals surface area contributed by atoms with Crippen molar-refractivity contribution in [3.8, 4) is 5.75 Å². The zero-order valence-electron chi connectivity index (χ0n) is 21.9. The van der Waals surface area contributed by atoms with Gasteiger partial charge in [-0.2, -0.15) is 0 Å². The average molecular weight is 579 g/mol. The van der Waals surface area contributed by atoms with Crippen LogP contribution in [0.15, 0.2) is 112 Å². The molecule has 202 valence electrons. The normalized spacial score (nSPS) is 16.0. The van der Waals surface area contributed by atoms with Crippen LogP contribution in [0.4, 0.5) is 4.39 Å². The highest BCUT2D eigenvalue weighted by Crippen LogP contribution is 2.41. The van der Waals surface area contributed by atoms with Gasteiger partial charge < -0.3 is 4.74 Å². The lowest BCUT2D eigenvalue weighted by molar-refractivity contribution is 0.305. The minimum Gasteiger partial charge on any atom is -0.488 e. The molecule has 0 spiro atoms. The molecule has 1 aliphatic carbocycles. The molecular formula is C34H24ClFN2O2S. The average Bonchev–Trinajstić information content (AvgIpc) is 3.31. The molecule has 4 nitrogen and oxygen atoms in total. The number of hydrogen-bond donors (Lipinski definition) is 0. The number of allylic oxidation sites excluding steroid dienone is 1. The minimum atomic E-state index is -0.353. The Morgan fingerprint density at radius 1 is 0.951 bits per heavy atom. The Labute approximate surface area is 245 Å². The Bertz CT molecular complexity index is 1990. The Hall–Kier alpha value is -4.26. The van der Waals surface area contributed by atoms with Gasteiger partial charge >= 0.3 is 0 Å². The maximum atomic E-state index is 14.0. The molecule has 2 aliphatic rings. The summed E-state index contributed by atoms with van der Waals surface area (Å²) in [5.74, 6) is 0.371. The van der Waals surface area contributed by atoms with Gasteiger partial charge in [-0.1, -0.05) is 89.7 Å². The van der Waals surface area contributed by atoms with E-state index >= 15 is 0 Å². The summed E-state index contributed by atoms with van der Waals surface area (Å²) in [7, 11) is 0. The lowest BCUT2D eigenvalue weighted by atomic mass is 9.83. The van der Waals surface area contributed by atoms with Gasteiger partial charge in [-0.05, 0) is 71.5 Å². The summed E-state index contributed by atoms with van der Waals surface area (Å²) < 4.78 is 22.4. The summed E-state index contributed by atoms with van der Waals surface area (Å²) in [6.07, 6.45) is 3.52. The Morgan fingerprint density at radius 2 is 1.71 bits per heavy atom. The fraction of sp³-hybridized carbons (Fsp3) is 0.118. The lowest BCUT2D eigenvalue weighted by Gasteiger charge is -2.30. The SMILES string of the molecule is O=c1/c(=C\c2ccccc2OCc2ccc(Cl)cc2)sc2n1C(c1ccc(F)cc1)C1=C(N=2)c2ccccc2CC1. The van der Waals surface area contributed by atoms with Crippen LogP contribution in [0, 0.1) is 5.82 Å². The number of ether oxygens (including phenoxy) is 1. The van der Waals surface area contributed by atoms with Crippen molar-refractivity contribution >= 4 is 34.7 Å². The summed E-state index contributed by atoms with van der Waals surface area (Å²) >= 11 is 7.38. The van der Waals surface area contributed by atoms with E-state index in [-0.39, 0.29) is 17.4 Å². The number of aromatic nitrogens is 1. The van der Waals surface area contributed by atoms with Crippen molar-refractivity contribution in [2.75, 3.05) is 0 Å². The first-order chi connectivity index (χ1) is 20.0. The smallest absolute Gasteiger partial charge is 0.271 e. The van der Waals surface area contributed by atoms with E-state index in [1.807, 2.05) is 66.7 Å². The number of aryl methyl sites for hydroxylation is 1. The van der Waals surface area contributed by atoms with Crippen molar-refractivity contribution in [1.29, 1.82) is 0 Å². The molecule has 0 amide bonds. The number of rotatable bonds is 5. The Kier molecular flexibility index (Phi) is 6.65. The van der Waals surface area contributed by atoms with Crippen LogP contribution in [-0.2, 0) is 13.0 Å². The highest BCUT2D eigenvalue weighted by atomic mass is 35.5. The standard InChI is InChI=1S/C34H24ClFN2O2S/c35-25-14-9-21(10-15-25)20-40-29-8-4-2-6-24(29)19-30-33(39)38-32(23-11-16-26(36)17-12-23)28-18-13-22-5-1-3-7-27(22)31(28)37-34(38)41-30/h1-12,14-17,19,32H,13,18,20H2/b30-19+. The molecular weight excluding hydrogens is 555 g/mol. The minimum absolute atomic E-state index is 0.124. The number of para-hydroxylation sites is 1. The van der Waals surface area contributed by atoms with Crippen molar-refractivity contribution in [2.45, 2.75) is 25.5 Å². The van der Waals surface area contributed by atoms with E-state index in [1.54, 1.807) is 16.7 Å². The Morgan fingerprint density at radius 3 is 2.54 bits per heavy atom. The zero-order chi connectivity index (χ0) is 27.9. The van der Waals surface area contributed by atoms with Crippen LogP contribution in [0.5, 0.6) is 5.75 Å². The second kappa shape index (κ2) is 10.6. The van der Waals surface area contributed by atoms with Crippen molar-refractivity contribution in [3.05, 3.63) is 161 Å². The molecule has 4 aromatic carbocycles. The van der Waals surface area contributed by atoms with Gasteiger partial charge in [0.05, 0.1) is 16.3 Å². The summed E-state index contributed by atoms with van der Waals surface area (Å²) in [5, 5.41) is 0.675. The highest BCUT2D eigenvalue weighted by Gasteiger charge is 2.32. The second-order valence-electron chi connectivity index (χ2n) is 10.1. The summed E-state index contributed by atoms with van der Waals surface area (Å²) in [6.45, 7) is 0.375. The maximum absolute atomic E-state index is 14.0. The van der Waals surface area contributed by atoms with Gasteiger partial charge in [0.2, 0.25) is 0 Å². The number of hydrogen-bond acceptors (Lipinski definition) is 4. The van der Waals surface area contributed by atoms with Gasteiger partial charge in [0.15, 0.2) is 4.80 Å². The second-order valence-corrected chi connectivity index (χ2v) is 11.6. The first-order valence-electron chi connectivity index (χ1n) is 13.4. The van der Waals surface area contributed by atoms with E-state index in [0.717, 1.165) is 46.4 Å². The van der Waals surface area contributed by atoms with Crippen LogP contribution in [0.25, 0.3) is 11.8 Å². The molecule has 1 aromatic heterocycles. The third-order valence-corrected chi connectivity index (χ3v) is 8.81. The molecule has 7 rings (SSSR count). The van der Waals surface area contributed by atoms with Gasteiger partial charge in [0.1, 0.15) is 18.2 Å². The molecule has 0 fully saturated rings. The van der Waals surface area contributed by atoms with Gasteiger partial charge in [-0.25, -0.2) is 9.38 Å². The Balaban J connectivity index is 1.35. The van der Waals surface area contributed by atoms with Crippen LogP contribution in [0.3, 0.4) is 0 Å². The van der Waals surface area contributed by atoms with Gasteiger partial charge in [-0.15, -0.1) is 0 Å². The third-order valence-electron chi connectivity index (χ3n) is 7.57. The molecule has 1 unspecified atom stereocenters. The van der Waals surface area contributed by atoms with E-state index in [2.05, 4.69) is 12.1 Å². The number of fused-ring (bicyclic) bond motifs is 3. The van der Waals surface area contributed by atoms with E-state index < -0.39 is 0 Å². The largest absolute Gasteiger partial charge is 0.488 e.